The largest absolute Gasteiger partial charge is 0.361 e. The second kappa shape index (κ2) is 5.79. The number of hydrogen-bond donors (Lipinski definition) is 1. The molecule has 22 heavy (non-hydrogen) atoms. The van der Waals surface area contributed by atoms with Crippen LogP contribution in [0.4, 0.5) is 0 Å². The number of hydrogen-bond acceptors (Lipinski definition) is 1. The summed E-state index contributed by atoms with van der Waals surface area (Å²) in [6.45, 7) is 0. The van der Waals surface area contributed by atoms with Crippen molar-refractivity contribution >= 4 is 16.8 Å². The van der Waals surface area contributed by atoms with Gasteiger partial charge in [0.15, 0.2) is 0 Å². The molecule has 3 heteroatoms. The summed E-state index contributed by atoms with van der Waals surface area (Å²) in [6, 6.07) is 9.43. The monoisotopic (exact) mass is 296 g/mol. The first-order valence-corrected chi connectivity index (χ1v) is 8.69. The van der Waals surface area contributed by atoms with Gasteiger partial charge in [-0.2, -0.15) is 0 Å². The molecule has 1 aromatic heterocycles. The third-order valence-electron chi connectivity index (χ3n) is 5.23. The van der Waals surface area contributed by atoms with Crippen molar-refractivity contribution < 1.29 is 4.79 Å². The van der Waals surface area contributed by atoms with Crippen LogP contribution in [0.25, 0.3) is 10.9 Å². The standard InChI is InChI=1S/C19H24N2O/c22-19(21(16-10-11-16)15-5-1-2-6-15)12-9-14-13-20-18-8-4-3-7-17(14)18/h3-4,7-8,13,15-16,20H,1-2,5-6,9-12H2. The van der Waals surface area contributed by atoms with E-state index in [4.69, 9.17) is 0 Å². The lowest BCUT2D eigenvalue weighted by molar-refractivity contribution is -0.134. The Labute approximate surface area is 131 Å². The van der Waals surface area contributed by atoms with Crippen LogP contribution in [0, 0.1) is 0 Å². The van der Waals surface area contributed by atoms with Crippen molar-refractivity contribution in [2.75, 3.05) is 0 Å². The van der Waals surface area contributed by atoms with Crippen LogP contribution >= 0.6 is 0 Å². The van der Waals surface area contributed by atoms with Crippen LogP contribution in [0.5, 0.6) is 0 Å². The number of aryl methyl sites for hydroxylation is 1. The van der Waals surface area contributed by atoms with Gasteiger partial charge in [0.05, 0.1) is 0 Å². The van der Waals surface area contributed by atoms with Crippen LogP contribution in [0.15, 0.2) is 30.5 Å². The minimum Gasteiger partial charge on any atom is -0.361 e. The lowest BCUT2D eigenvalue weighted by atomic mass is 10.1. The summed E-state index contributed by atoms with van der Waals surface area (Å²) < 4.78 is 0. The minimum absolute atomic E-state index is 0.375. The van der Waals surface area contributed by atoms with Crippen LogP contribution in [0.1, 0.15) is 50.5 Å². The summed E-state index contributed by atoms with van der Waals surface area (Å²) in [5.41, 5.74) is 2.44. The van der Waals surface area contributed by atoms with Gasteiger partial charge >= 0.3 is 0 Å². The summed E-state index contributed by atoms with van der Waals surface area (Å²) in [7, 11) is 0. The quantitative estimate of drug-likeness (QED) is 0.888. The molecule has 1 aromatic carbocycles. The van der Waals surface area contributed by atoms with E-state index in [1.54, 1.807) is 0 Å². The number of carbonyl (C=O) groups is 1. The van der Waals surface area contributed by atoms with Gasteiger partial charge in [-0.05, 0) is 43.7 Å². The third-order valence-corrected chi connectivity index (χ3v) is 5.23. The average molecular weight is 296 g/mol. The van der Waals surface area contributed by atoms with E-state index in [-0.39, 0.29) is 0 Å². The summed E-state index contributed by atoms with van der Waals surface area (Å²) in [6.07, 6.45) is 11.0. The van der Waals surface area contributed by atoms with E-state index >= 15 is 0 Å². The van der Waals surface area contributed by atoms with Gasteiger partial charge in [0.2, 0.25) is 5.91 Å². The van der Waals surface area contributed by atoms with Crippen molar-refractivity contribution in [2.45, 2.75) is 63.5 Å². The number of fused-ring (bicyclic) bond motifs is 1. The van der Waals surface area contributed by atoms with E-state index in [2.05, 4.69) is 34.3 Å². The summed E-state index contributed by atoms with van der Waals surface area (Å²) >= 11 is 0. The average Bonchev–Trinajstić information content (AvgIpc) is 3.07. The summed E-state index contributed by atoms with van der Waals surface area (Å²) in [5.74, 6) is 0.375. The molecule has 2 aliphatic rings. The number of nitrogens with zero attached hydrogens (tertiary/aromatic N) is 1. The smallest absolute Gasteiger partial charge is 0.223 e. The van der Waals surface area contributed by atoms with E-state index in [0.29, 0.717) is 24.4 Å². The SMILES string of the molecule is O=C(CCc1c[nH]c2ccccc12)N(C1CCCC1)C1CC1. The van der Waals surface area contributed by atoms with E-state index in [1.165, 1.54) is 55.0 Å². The van der Waals surface area contributed by atoms with Crippen molar-refractivity contribution in [1.29, 1.82) is 0 Å². The topological polar surface area (TPSA) is 36.1 Å². The second-order valence-electron chi connectivity index (χ2n) is 6.83. The molecule has 0 unspecified atom stereocenters. The highest BCUT2D eigenvalue weighted by molar-refractivity contribution is 5.84. The molecule has 1 heterocycles. The van der Waals surface area contributed by atoms with Gasteiger partial charge in [-0.3, -0.25) is 4.79 Å². The molecule has 2 aliphatic carbocycles. The van der Waals surface area contributed by atoms with Crippen molar-refractivity contribution in [1.82, 2.24) is 9.88 Å². The molecule has 0 spiro atoms. The zero-order chi connectivity index (χ0) is 14.9. The lowest BCUT2D eigenvalue weighted by Gasteiger charge is -2.29. The first kappa shape index (κ1) is 13.9. The maximum absolute atomic E-state index is 12.8. The van der Waals surface area contributed by atoms with Gasteiger partial charge in [-0.15, -0.1) is 0 Å². The highest BCUT2D eigenvalue weighted by Gasteiger charge is 2.37. The molecule has 0 radical (unpaired) electrons. The number of aromatic amines is 1. The molecule has 116 valence electrons. The molecule has 2 fully saturated rings. The van der Waals surface area contributed by atoms with Gasteiger partial charge in [-0.25, -0.2) is 0 Å². The molecule has 1 amide bonds. The predicted octanol–water partition coefficient (Wildman–Crippen LogP) is 4.03. The lowest BCUT2D eigenvalue weighted by Crippen LogP contribution is -2.40. The summed E-state index contributed by atoms with van der Waals surface area (Å²) in [4.78, 5) is 18.3. The van der Waals surface area contributed by atoms with Crippen molar-refractivity contribution in [3.63, 3.8) is 0 Å². The van der Waals surface area contributed by atoms with Gasteiger partial charge < -0.3 is 9.88 Å². The molecule has 0 saturated heterocycles. The highest BCUT2D eigenvalue weighted by Crippen LogP contribution is 2.35. The Morgan fingerprint density at radius 1 is 1.09 bits per heavy atom. The van der Waals surface area contributed by atoms with Crippen molar-refractivity contribution in [3.8, 4) is 0 Å². The minimum atomic E-state index is 0.375. The number of para-hydroxylation sites is 1. The number of rotatable bonds is 5. The van der Waals surface area contributed by atoms with Crippen LogP contribution < -0.4 is 0 Å². The molecular formula is C19H24N2O. The zero-order valence-electron chi connectivity index (χ0n) is 13.1. The number of carbonyl (C=O) groups excluding carboxylic acids is 1. The molecule has 0 bridgehead atoms. The first-order chi connectivity index (χ1) is 10.8. The van der Waals surface area contributed by atoms with Gasteiger partial charge in [-0.1, -0.05) is 31.0 Å². The Morgan fingerprint density at radius 2 is 1.82 bits per heavy atom. The Kier molecular flexibility index (Phi) is 3.65. The Morgan fingerprint density at radius 3 is 2.59 bits per heavy atom. The van der Waals surface area contributed by atoms with Crippen LogP contribution in [0.3, 0.4) is 0 Å². The van der Waals surface area contributed by atoms with Gasteiger partial charge in [0.1, 0.15) is 0 Å². The highest BCUT2D eigenvalue weighted by atomic mass is 16.2. The Hall–Kier alpha value is -1.77. The molecule has 4 rings (SSSR count). The molecule has 0 aliphatic heterocycles. The molecule has 2 saturated carbocycles. The zero-order valence-corrected chi connectivity index (χ0v) is 13.1. The van der Waals surface area contributed by atoms with E-state index in [1.807, 2.05) is 6.07 Å². The van der Waals surface area contributed by atoms with Crippen LogP contribution in [0.2, 0.25) is 0 Å². The van der Waals surface area contributed by atoms with E-state index in [0.717, 1.165) is 6.42 Å². The van der Waals surface area contributed by atoms with E-state index in [9.17, 15) is 4.79 Å². The third kappa shape index (κ3) is 2.65. The number of H-pyrrole nitrogens is 1. The van der Waals surface area contributed by atoms with Crippen molar-refractivity contribution in [2.24, 2.45) is 0 Å². The molecule has 0 atom stereocenters. The van der Waals surface area contributed by atoms with E-state index < -0.39 is 0 Å². The van der Waals surface area contributed by atoms with Gasteiger partial charge in [0, 0.05) is 35.6 Å². The maximum atomic E-state index is 12.8. The fraction of sp³-hybridized carbons (Fsp3) is 0.526. The molecular weight excluding hydrogens is 272 g/mol. The second-order valence-corrected chi connectivity index (χ2v) is 6.83. The molecule has 2 aromatic rings. The predicted molar refractivity (Wildman–Crippen MR) is 88.7 cm³/mol. The van der Waals surface area contributed by atoms with Crippen molar-refractivity contribution in [3.05, 3.63) is 36.0 Å². The molecule has 3 nitrogen and oxygen atoms in total. The normalized spacial score (nSPS) is 18.9. The number of nitrogens with one attached hydrogen (secondary N) is 1. The fourth-order valence-corrected chi connectivity index (χ4v) is 3.95. The number of aromatic nitrogens is 1. The Balaban J connectivity index is 1.44. The number of benzene rings is 1. The summed E-state index contributed by atoms with van der Waals surface area (Å²) in [5, 5.41) is 1.26. The van der Waals surface area contributed by atoms with Crippen LogP contribution in [-0.4, -0.2) is 27.9 Å². The Bertz CT molecular complexity index is 665. The van der Waals surface area contributed by atoms with Gasteiger partial charge in [0.25, 0.3) is 0 Å². The first-order valence-electron chi connectivity index (χ1n) is 8.69. The maximum Gasteiger partial charge on any atom is 0.223 e. The number of amides is 1. The fourth-order valence-electron chi connectivity index (χ4n) is 3.95. The molecule has 1 N–H and O–H groups in total. The van der Waals surface area contributed by atoms with Crippen LogP contribution in [-0.2, 0) is 11.2 Å².